The van der Waals surface area contributed by atoms with Crippen molar-refractivity contribution in [3.05, 3.63) is 23.8 Å². The fourth-order valence-corrected chi connectivity index (χ4v) is 2.19. The molecule has 1 rings (SSSR count). The summed E-state index contributed by atoms with van der Waals surface area (Å²) < 4.78 is 10.5. The number of carbonyl (C=O) groups excluding carboxylic acids is 2. The van der Waals surface area contributed by atoms with Crippen LogP contribution in [0, 0.1) is 5.41 Å². The number of carbonyl (C=O) groups is 2. The summed E-state index contributed by atoms with van der Waals surface area (Å²) in [6.45, 7) is 7.62. The second-order valence-electron chi connectivity index (χ2n) is 6.60. The summed E-state index contributed by atoms with van der Waals surface area (Å²) in [5.74, 6) is 0.775. The monoisotopic (exact) mass is 350 g/mol. The van der Waals surface area contributed by atoms with E-state index in [-0.39, 0.29) is 17.9 Å². The average molecular weight is 350 g/mol. The maximum absolute atomic E-state index is 12.4. The summed E-state index contributed by atoms with van der Waals surface area (Å²) >= 11 is 0. The molecule has 0 spiro atoms. The van der Waals surface area contributed by atoms with Gasteiger partial charge in [0.1, 0.15) is 5.41 Å². The predicted octanol–water partition coefficient (Wildman–Crippen LogP) is 2.30. The van der Waals surface area contributed by atoms with Crippen molar-refractivity contribution in [3.63, 3.8) is 0 Å². The molecule has 0 bridgehead atoms. The van der Waals surface area contributed by atoms with Crippen molar-refractivity contribution in [3.8, 4) is 11.5 Å². The normalized spacial score (nSPS) is 12.2. The van der Waals surface area contributed by atoms with Crippen molar-refractivity contribution < 1.29 is 19.1 Å². The highest BCUT2D eigenvalue weighted by atomic mass is 16.5. The number of methoxy groups -OCH3 is 2. The number of rotatable bonds is 9. The van der Waals surface area contributed by atoms with E-state index < -0.39 is 5.41 Å². The highest BCUT2D eigenvalue weighted by Crippen LogP contribution is 2.27. The minimum Gasteiger partial charge on any atom is -0.493 e. The molecular weight excluding hydrogens is 320 g/mol. The standard InChI is InChI=1S/C19H30N2O4/c1-7-13(2)21-18(23)19(3,4)17(22)20-11-10-14-8-9-15(24-5)16(12-14)25-6/h8-9,12-13H,7,10-11H2,1-6H3,(H,20,22)(H,21,23). The Morgan fingerprint density at radius 2 is 1.76 bits per heavy atom. The molecule has 0 aromatic heterocycles. The third-order valence-corrected chi connectivity index (χ3v) is 4.27. The average Bonchev–Trinajstić information content (AvgIpc) is 2.60. The third kappa shape index (κ3) is 5.66. The molecule has 0 heterocycles. The number of benzene rings is 1. The summed E-state index contributed by atoms with van der Waals surface area (Å²) in [4.78, 5) is 24.6. The van der Waals surface area contributed by atoms with Crippen LogP contribution < -0.4 is 20.1 Å². The maximum Gasteiger partial charge on any atom is 0.235 e. The van der Waals surface area contributed by atoms with Crippen LogP contribution >= 0.6 is 0 Å². The zero-order valence-corrected chi connectivity index (χ0v) is 16.1. The van der Waals surface area contributed by atoms with E-state index in [1.54, 1.807) is 28.1 Å². The van der Waals surface area contributed by atoms with Crippen molar-refractivity contribution in [1.29, 1.82) is 0 Å². The van der Waals surface area contributed by atoms with Crippen LogP contribution in [0.15, 0.2) is 18.2 Å². The van der Waals surface area contributed by atoms with E-state index in [2.05, 4.69) is 10.6 Å². The van der Waals surface area contributed by atoms with E-state index in [1.807, 2.05) is 32.0 Å². The lowest BCUT2D eigenvalue weighted by molar-refractivity contribution is -0.141. The lowest BCUT2D eigenvalue weighted by atomic mass is 9.90. The van der Waals surface area contributed by atoms with Gasteiger partial charge in [0.15, 0.2) is 11.5 Å². The molecule has 0 aliphatic heterocycles. The maximum atomic E-state index is 12.4. The Morgan fingerprint density at radius 1 is 1.12 bits per heavy atom. The van der Waals surface area contributed by atoms with E-state index in [0.717, 1.165) is 12.0 Å². The zero-order chi connectivity index (χ0) is 19.0. The van der Waals surface area contributed by atoms with Crippen molar-refractivity contribution in [2.24, 2.45) is 5.41 Å². The van der Waals surface area contributed by atoms with Crippen molar-refractivity contribution in [2.45, 2.75) is 46.6 Å². The second kappa shape index (κ2) is 9.30. The van der Waals surface area contributed by atoms with Gasteiger partial charge < -0.3 is 20.1 Å². The van der Waals surface area contributed by atoms with Gasteiger partial charge in [-0.25, -0.2) is 0 Å². The van der Waals surface area contributed by atoms with Gasteiger partial charge in [0.25, 0.3) is 0 Å². The fraction of sp³-hybridized carbons (Fsp3) is 0.579. The van der Waals surface area contributed by atoms with Crippen molar-refractivity contribution in [2.75, 3.05) is 20.8 Å². The first kappa shape index (κ1) is 20.8. The summed E-state index contributed by atoms with van der Waals surface area (Å²) in [6.07, 6.45) is 1.46. The molecule has 6 heteroatoms. The molecule has 0 fully saturated rings. The van der Waals surface area contributed by atoms with Gasteiger partial charge in [0.2, 0.25) is 11.8 Å². The Balaban J connectivity index is 2.60. The molecule has 2 amide bonds. The highest BCUT2D eigenvalue weighted by molar-refractivity contribution is 6.04. The molecular formula is C19H30N2O4. The van der Waals surface area contributed by atoms with Gasteiger partial charge in [-0.15, -0.1) is 0 Å². The highest BCUT2D eigenvalue weighted by Gasteiger charge is 2.36. The van der Waals surface area contributed by atoms with Crippen molar-refractivity contribution in [1.82, 2.24) is 10.6 Å². The molecule has 1 aromatic carbocycles. The van der Waals surface area contributed by atoms with E-state index in [4.69, 9.17) is 9.47 Å². The summed E-state index contributed by atoms with van der Waals surface area (Å²) in [6, 6.07) is 5.69. The SMILES string of the molecule is CCC(C)NC(=O)C(C)(C)C(=O)NCCc1ccc(OC)c(OC)c1. The van der Waals surface area contributed by atoms with Gasteiger partial charge in [-0.2, -0.15) is 0 Å². The minimum absolute atomic E-state index is 0.0475. The zero-order valence-electron chi connectivity index (χ0n) is 16.1. The number of amides is 2. The second-order valence-corrected chi connectivity index (χ2v) is 6.60. The molecule has 0 saturated carbocycles. The molecule has 6 nitrogen and oxygen atoms in total. The minimum atomic E-state index is -1.11. The lowest BCUT2D eigenvalue weighted by Crippen LogP contribution is -2.50. The van der Waals surface area contributed by atoms with Gasteiger partial charge >= 0.3 is 0 Å². The molecule has 0 aliphatic carbocycles. The first-order chi connectivity index (χ1) is 11.8. The Morgan fingerprint density at radius 3 is 2.32 bits per heavy atom. The number of ether oxygens (including phenoxy) is 2. The van der Waals surface area contributed by atoms with Gasteiger partial charge in [-0.3, -0.25) is 9.59 Å². The van der Waals surface area contributed by atoms with Crippen LogP contribution in [0.4, 0.5) is 0 Å². The van der Waals surface area contributed by atoms with Crippen LogP contribution in [0.3, 0.4) is 0 Å². The van der Waals surface area contributed by atoms with Crippen LogP contribution in [-0.4, -0.2) is 38.6 Å². The van der Waals surface area contributed by atoms with E-state index in [0.29, 0.717) is 24.5 Å². The predicted molar refractivity (Wildman–Crippen MR) is 97.9 cm³/mol. The fourth-order valence-electron chi connectivity index (χ4n) is 2.19. The number of nitrogens with one attached hydrogen (secondary N) is 2. The molecule has 2 N–H and O–H groups in total. The van der Waals surface area contributed by atoms with Gasteiger partial charge in [0, 0.05) is 12.6 Å². The Hall–Kier alpha value is -2.24. The van der Waals surface area contributed by atoms with Crippen LogP contribution in [0.25, 0.3) is 0 Å². The summed E-state index contributed by atoms with van der Waals surface area (Å²) in [5, 5.41) is 5.69. The van der Waals surface area contributed by atoms with Crippen LogP contribution in [0.1, 0.15) is 39.7 Å². The molecule has 1 aromatic rings. The first-order valence-corrected chi connectivity index (χ1v) is 8.56. The van der Waals surface area contributed by atoms with Crippen LogP contribution in [0.2, 0.25) is 0 Å². The molecule has 25 heavy (non-hydrogen) atoms. The summed E-state index contributed by atoms with van der Waals surface area (Å²) in [7, 11) is 3.17. The Bertz CT molecular complexity index is 599. The topological polar surface area (TPSA) is 76.7 Å². The lowest BCUT2D eigenvalue weighted by Gasteiger charge is -2.24. The Labute approximate surface area is 150 Å². The number of hydrogen-bond acceptors (Lipinski definition) is 4. The van der Waals surface area contributed by atoms with Crippen LogP contribution in [0.5, 0.6) is 11.5 Å². The number of hydrogen-bond donors (Lipinski definition) is 2. The molecule has 1 atom stereocenters. The van der Waals surface area contributed by atoms with E-state index >= 15 is 0 Å². The quantitative estimate of drug-likeness (QED) is 0.670. The molecule has 0 radical (unpaired) electrons. The molecule has 0 aliphatic rings. The first-order valence-electron chi connectivity index (χ1n) is 8.56. The van der Waals surface area contributed by atoms with E-state index in [1.165, 1.54) is 0 Å². The van der Waals surface area contributed by atoms with Crippen LogP contribution in [-0.2, 0) is 16.0 Å². The van der Waals surface area contributed by atoms with Crippen molar-refractivity contribution >= 4 is 11.8 Å². The van der Waals surface area contributed by atoms with E-state index in [9.17, 15) is 9.59 Å². The summed E-state index contributed by atoms with van der Waals surface area (Å²) in [5.41, 5.74) is -0.0964. The van der Waals surface area contributed by atoms with Gasteiger partial charge in [-0.05, 0) is 51.3 Å². The molecule has 0 saturated heterocycles. The Kier molecular flexibility index (Phi) is 7.74. The van der Waals surface area contributed by atoms with Gasteiger partial charge in [-0.1, -0.05) is 13.0 Å². The van der Waals surface area contributed by atoms with Gasteiger partial charge in [0.05, 0.1) is 14.2 Å². The smallest absolute Gasteiger partial charge is 0.235 e. The largest absolute Gasteiger partial charge is 0.493 e. The molecule has 140 valence electrons. The third-order valence-electron chi connectivity index (χ3n) is 4.27. The molecule has 1 unspecified atom stereocenters.